The van der Waals surface area contributed by atoms with E-state index in [1.165, 1.54) is 12.1 Å². The van der Waals surface area contributed by atoms with Gasteiger partial charge >= 0.3 is 0 Å². The van der Waals surface area contributed by atoms with E-state index in [9.17, 15) is 16.8 Å². The van der Waals surface area contributed by atoms with Gasteiger partial charge in [-0.2, -0.15) is 0 Å². The summed E-state index contributed by atoms with van der Waals surface area (Å²) in [5.74, 6) is -0.261. The molecule has 0 aliphatic rings. The predicted octanol–water partition coefficient (Wildman–Crippen LogP) is 0.354. The maximum Gasteiger partial charge on any atom is 0.242 e. The molecule has 1 aromatic carbocycles. The third-order valence-corrected chi connectivity index (χ3v) is 5.00. The molecule has 3 N–H and O–H groups in total. The molecule has 0 unspecified atom stereocenters. The van der Waals surface area contributed by atoms with Gasteiger partial charge in [-0.25, -0.2) is 21.6 Å². The SMILES string of the molecule is CS(=O)(=O)CCNS(=O)(=O)c1ccc(Br)cc1N. The Bertz CT molecular complexity index is 641. The van der Waals surface area contributed by atoms with Crippen molar-refractivity contribution in [1.29, 1.82) is 0 Å². The van der Waals surface area contributed by atoms with E-state index in [1.807, 2.05) is 0 Å². The van der Waals surface area contributed by atoms with E-state index in [1.54, 1.807) is 6.07 Å². The minimum Gasteiger partial charge on any atom is -0.398 e. The van der Waals surface area contributed by atoms with Crippen LogP contribution in [-0.4, -0.2) is 35.4 Å². The lowest BCUT2D eigenvalue weighted by Gasteiger charge is -2.08. The molecule has 9 heteroatoms. The number of hydrogen-bond acceptors (Lipinski definition) is 5. The number of sulfone groups is 1. The van der Waals surface area contributed by atoms with Crippen LogP contribution in [0.25, 0.3) is 0 Å². The fourth-order valence-electron chi connectivity index (χ4n) is 1.20. The summed E-state index contributed by atoms with van der Waals surface area (Å²) in [6, 6.07) is 4.36. The molecule has 0 aliphatic carbocycles. The molecule has 0 spiro atoms. The highest BCUT2D eigenvalue weighted by molar-refractivity contribution is 9.10. The first-order chi connectivity index (χ1) is 8.12. The Kier molecular flexibility index (Phi) is 4.76. The molecule has 0 aliphatic heterocycles. The summed E-state index contributed by atoms with van der Waals surface area (Å²) in [5, 5.41) is 0. The van der Waals surface area contributed by atoms with E-state index in [4.69, 9.17) is 5.73 Å². The summed E-state index contributed by atoms with van der Waals surface area (Å²) >= 11 is 3.17. The number of hydrogen-bond donors (Lipinski definition) is 2. The fourth-order valence-corrected chi connectivity index (χ4v) is 3.33. The first kappa shape index (κ1) is 15.4. The van der Waals surface area contributed by atoms with Crippen molar-refractivity contribution in [2.24, 2.45) is 0 Å². The Balaban J connectivity index is 2.87. The van der Waals surface area contributed by atoms with Crippen LogP contribution in [0.2, 0.25) is 0 Å². The van der Waals surface area contributed by atoms with Gasteiger partial charge < -0.3 is 5.73 Å². The Morgan fingerprint density at radius 1 is 1.28 bits per heavy atom. The van der Waals surface area contributed by atoms with Crippen molar-refractivity contribution in [2.45, 2.75) is 4.90 Å². The number of nitrogens with one attached hydrogen (secondary N) is 1. The molecule has 0 atom stereocenters. The Hall–Kier alpha value is -0.640. The monoisotopic (exact) mass is 356 g/mol. The highest BCUT2D eigenvalue weighted by Crippen LogP contribution is 2.22. The summed E-state index contributed by atoms with van der Waals surface area (Å²) in [4.78, 5) is -0.0702. The van der Waals surface area contributed by atoms with Crippen LogP contribution in [0.3, 0.4) is 0 Å². The molecule has 6 nitrogen and oxygen atoms in total. The molecule has 0 saturated heterocycles. The largest absolute Gasteiger partial charge is 0.398 e. The molecule has 0 saturated carbocycles. The number of nitrogen functional groups attached to an aromatic ring is 1. The van der Waals surface area contributed by atoms with E-state index in [0.717, 1.165) is 6.26 Å². The zero-order chi connectivity index (χ0) is 14.0. The number of halogens is 1. The van der Waals surface area contributed by atoms with Crippen LogP contribution in [0.4, 0.5) is 5.69 Å². The molecule has 0 radical (unpaired) electrons. The standard InChI is InChI=1S/C9H13BrN2O4S2/c1-17(13,14)5-4-12-18(15,16)9-3-2-7(10)6-8(9)11/h2-3,6,12H,4-5,11H2,1H3. The van der Waals surface area contributed by atoms with Gasteiger partial charge in [-0.15, -0.1) is 0 Å². The Labute approximate surface area is 115 Å². The van der Waals surface area contributed by atoms with Gasteiger partial charge in [-0.1, -0.05) is 15.9 Å². The number of anilines is 1. The summed E-state index contributed by atoms with van der Waals surface area (Å²) in [6.45, 7) is -0.184. The molecule has 1 rings (SSSR count). The highest BCUT2D eigenvalue weighted by atomic mass is 79.9. The van der Waals surface area contributed by atoms with Crippen LogP contribution in [0.5, 0.6) is 0 Å². The molecular formula is C9H13BrN2O4S2. The van der Waals surface area contributed by atoms with Crippen molar-refractivity contribution >= 4 is 41.5 Å². The van der Waals surface area contributed by atoms with Gasteiger partial charge in [-0.3, -0.25) is 0 Å². The first-order valence-electron chi connectivity index (χ1n) is 4.84. The van der Waals surface area contributed by atoms with Crippen LogP contribution in [-0.2, 0) is 19.9 Å². The van der Waals surface area contributed by atoms with Crippen LogP contribution in [0, 0.1) is 0 Å². The maximum absolute atomic E-state index is 11.8. The smallest absolute Gasteiger partial charge is 0.242 e. The van der Waals surface area contributed by atoms with Gasteiger partial charge in [0.05, 0.1) is 11.4 Å². The van der Waals surface area contributed by atoms with Crippen molar-refractivity contribution < 1.29 is 16.8 Å². The molecule has 0 heterocycles. The highest BCUT2D eigenvalue weighted by Gasteiger charge is 2.17. The van der Waals surface area contributed by atoms with Crippen LogP contribution in [0.1, 0.15) is 0 Å². The Morgan fingerprint density at radius 3 is 2.39 bits per heavy atom. The third kappa shape index (κ3) is 4.56. The zero-order valence-electron chi connectivity index (χ0n) is 9.55. The van der Waals surface area contributed by atoms with E-state index < -0.39 is 19.9 Å². The summed E-state index contributed by atoms with van der Waals surface area (Å²) in [7, 11) is -7.00. The van der Waals surface area contributed by atoms with Crippen LogP contribution < -0.4 is 10.5 Å². The molecule has 0 aromatic heterocycles. The first-order valence-corrected chi connectivity index (χ1v) is 9.18. The predicted molar refractivity (Wildman–Crippen MR) is 73.5 cm³/mol. The normalized spacial score (nSPS) is 12.6. The van der Waals surface area contributed by atoms with E-state index in [2.05, 4.69) is 20.7 Å². The minimum absolute atomic E-state index is 0.0702. The number of sulfonamides is 1. The van der Waals surface area contributed by atoms with Gasteiger partial charge in [0.15, 0.2) is 0 Å². The summed E-state index contributed by atoms with van der Waals surface area (Å²) in [6.07, 6.45) is 1.04. The van der Waals surface area contributed by atoms with Crippen molar-refractivity contribution in [3.05, 3.63) is 22.7 Å². The lowest BCUT2D eigenvalue weighted by Crippen LogP contribution is -2.29. The second-order valence-electron chi connectivity index (χ2n) is 3.71. The summed E-state index contributed by atoms with van der Waals surface area (Å²) in [5.41, 5.74) is 5.69. The molecule has 0 fully saturated rings. The van der Waals surface area contributed by atoms with Crippen molar-refractivity contribution in [3.8, 4) is 0 Å². The van der Waals surface area contributed by atoms with E-state index in [0.29, 0.717) is 4.47 Å². The molecule has 18 heavy (non-hydrogen) atoms. The topological polar surface area (TPSA) is 106 Å². The Morgan fingerprint density at radius 2 is 1.89 bits per heavy atom. The zero-order valence-corrected chi connectivity index (χ0v) is 12.8. The van der Waals surface area contributed by atoms with Gasteiger partial charge in [0.1, 0.15) is 14.7 Å². The average molecular weight is 357 g/mol. The quantitative estimate of drug-likeness (QED) is 0.740. The van der Waals surface area contributed by atoms with Crippen LogP contribution in [0.15, 0.2) is 27.6 Å². The van der Waals surface area contributed by atoms with Gasteiger partial charge in [0, 0.05) is 17.3 Å². The van der Waals surface area contributed by atoms with E-state index >= 15 is 0 Å². The van der Waals surface area contributed by atoms with E-state index in [-0.39, 0.29) is 22.9 Å². The second kappa shape index (κ2) is 5.55. The third-order valence-electron chi connectivity index (χ3n) is 2.03. The summed E-state index contributed by atoms with van der Waals surface area (Å²) < 4.78 is 48.3. The minimum atomic E-state index is -3.79. The molecule has 0 bridgehead atoms. The number of rotatable bonds is 5. The number of benzene rings is 1. The maximum atomic E-state index is 11.8. The average Bonchev–Trinajstić information content (AvgIpc) is 2.13. The molecule has 102 valence electrons. The van der Waals surface area contributed by atoms with Gasteiger partial charge in [-0.05, 0) is 18.2 Å². The number of nitrogens with two attached hydrogens (primary N) is 1. The van der Waals surface area contributed by atoms with Crippen molar-refractivity contribution in [3.63, 3.8) is 0 Å². The van der Waals surface area contributed by atoms with Gasteiger partial charge in [0.2, 0.25) is 10.0 Å². The van der Waals surface area contributed by atoms with Gasteiger partial charge in [0.25, 0.3) is 0 Å². The molecular weight excluding hydrogens is 344 g/mol. The lowest BCUT2D eigenvalue weighted by molar-refractivity contribution is 0.582. The lowest BCUT2D eigenvalue weighted by atomic mass is 10.3. The molecule has 0 amide bonds. The van der Waals surface area contributed by atoms with Crippen molar-refractivity contribution in [2.75, 3.05) is 24.3 Å². The molecule has 1 aromatic rings. The second-order valence-corrected chi connectivity index (χ2v) is 8.62. The fraction of sp³-hybridized carbons (Fsp3) is 0.333. The van der Waals surface area contributed by atoms with Crippen molar-refractivity contribution in [1.82, 2.24) is 4.72 Å². The van der Waals surface area contributed by atoms with Crippen LogP contribution >= 0.6 is 15.9 Å².